The molecule has 0 aliphatic carbocycles. The molecule has 1 unspecified atom stereocenters. The lowest BCUT2D eigenvalue weighted by molar-refractivity contribution is -0.389. The van der Waals surface area contributed by atoms with Crippen LogP contribution in [0.25, 0.3) is 0 Å². The zero-order chi connectivity index (χ0) is 17.9. The van der Waals surface area contributed by atoms with Crippen molar-refractivity contribution in [2.45, 2.75) is 11.7 Å². The van der Waals surface area contributed by atoms with Crippen molar-refractivity contribution in [1.29, 1.82) is 0 Å². The van der Waals surface area contributed by atoms with Crippen LogP contribution >= 0.6 is 0 Å². The van der Waals surface area contributed by atoms with E-state index in [1.165, 1.54) is 12.1 Å². The van der Waals surface area contributed by atoms with Gasteiger partial charge in [-0.05, 0) is 5.56 Å². The molecule has 2 aromatic rings. The van der Waals surface area contributed by atoms with Crippen molar-refractivity contribution < 1.29 is 22.8 Å². The van der Waals surface area contributed by atoms with E-state index in [0.29, 0.717) is 0 Å². The molecular formula is C14H12N2O7S. The maximum absolute atomic E-state index is 11.7. The molecule has 126 valence electrons. The molecule has 0 saturated carbocycles. The van der Waals surface area contributed by atoms with E-state index in [-0.39, 0.29) is 11.1 Å². The summed E-state index contributed by atoms with van der Waals surface area (Å²) in [5.41, 5.74) is -0.788. The minimum Gasteiger partial charge on any atom is -0.285 e. The Bertz CT molecular complexity index is 881. The molecule has 1 N–H and O–H groups in total. The van der Waals surface area contributed by atoms with Gasteiger partial charge in [0.1, 0.15) is 5.25 Å². The van der Waals surface area contributed by atoms with Gasteiger partial charge in [-0.2, -0.15) is 8.42 Å². The van der Waals surface area contributed by atoms with Crippen LogP contribution in [-0.2, 0) is 16.5 Å². The van der Waals surface area contributed by atoms with Gasteiger partial charge in [-0.1, -0.05) is 30.3 Å². The molecule has 2 aromatic carbocycles. The van der Waals surface area contributed by atoms with E-state index >= 15 is 0 Å². The summed E-state index contributed by atoms with van der Waals surface area (Å²) in [6.45, 7) is 0. The smallest absolute Gasteiger partial charge is 0.273 e. The summed E-state index contributed by atoms with van der Waals surface area (Å²) in [6, 6.07) is 10.5. The first-order valence-corrected chi connectivity index (χ1v) is 8.13. The molecule has 0 heterocycles. The summed E-state index contributed by atoms with van der Waals surface area (Å²) in [4.78, 5) is 20.5. The van der Waals surface area contributed by atoms with Gasteiger partial charge in [0.2, 0.25) is 0 Å². The van der Waals surface area contributed by atoms with Gasteiger partial charge < -0.3 is 0 Å². The van der Waals surface area contributed by atoms with Crippen molar-refractivity contribution in [3.05, 3.63) is 79.9 Å². The second-order valence-corrected chi connectivity index (χ2v) is 6.54. The van der Waals surface area contributed by atoms with Gasteiger partial charge in [-0.3, -0.25) is 24.8 Å². The molecule has 0 aliphatic heterocycles. The Morgan fingerprint density at radius 3 is 2.12 bits per heavy atom. The monoisotopic (exact) mass is 352 g/mol. The normalized spacial score (nSPS) is 12.5. The lowest BCUT2D eigenvalue weighted by Gasteiger charge is -2.14. The Morgan fingerprint density at radius 1 is 1.00 bits per heavy atom. The SMILES string of the molecule is O=[N+]([O-])c1ccc([N+](=O)[O-])c(CC(c2ccccc2)S(=O)(=O)O)c1. The maximum Gasteiger partial charge on any atom is 0.273 e. The summed E-state index contributed by atoms with van der Waals surface area (Å²) in [5.74, 6) is 0. The van der Waals surface area contributed by atoms with Gasteiger partial charge in [-0.25, -0.2) is 0 Å². The molecule has 2 rings (SSSR count). The first-order chi connectivity index (χ1) is 11.2. The van der Waals surface area contributed by atoms with Crippen LogP contribution in [0.5, 0.6) is 0 Å². The van der Waals surface area contributed by atoms with Crippen LogP contribution in [0, 0.1) is 20.2 Å². The average Bonchev–Trinajstić information content (AvgIpc) is 2.51. The molecule has 9 nitrogen and oxygen atoms in total. The standard InChI is InChI=1S/C14H12N2O7S/c17-15(18)12-6-7-13(16(19)20)11(8-12)9-14(24(21,22)23)10-4-2-1-3-5-10/h1-8,14H,9H2,(H,21,22,23). The highest BCUT2D eigenvalue weighted by Crippen LogP contribution is 2.32. The Hall–Kier alpha value is -2.85. The Kier molecular flexibility index (Phi) is 4.90. The van der Waals surface area contributed by atoms with E-state index in [0.717, 1.165) is 18.2 Å². The summed E-state index contributed by atoms with van der Waals surface area (Å²) in [5, 5.41) is 20.5. The summed E-state index contributed by atoms with van der Waals surface area (Å²) < 4.78 is 32.8. The minimum atomic E-state index is -4.58. The van der Waals surface area contributed by atoms with Crippen LogP contribution in [0.4, 0.5) is 11.4 Å². The van der Waals surface area contributed by atoms with Crippen molar-refractivity contribution in [1.82, 2.24) is 0 Å². The zero-order valence-corrected chi connectivity index (χ0v) is 12.9. The van der Waals surface area contributed by atoms with Crippen LogP contribution in [-0.4, -0.2) is 22.8 Å². The molecule has 0 saturated heterocycles. The predicted molar refractivity (Wildman–Crippen MR) is 84.2 cm³/mol. The highest BCUT2D eigenvalue weighted by atomic mass is 32.2. The minimum absolute atomic E-state index is 0.152. The number of nitrogens with zero attached hydrogens (tertiary/aromatic N) is 2. The van der Waals surface area contributed by atoms with Gasteiger partial charge in [0.15, 0.2) is 0 Å². The van der Waals surface area contributed by atoms with E-state index in [9.17, 15) is 33.2 Å². The van der Waals surface area contributed by atoms with Crippen LogP contribution < -0.4 is 0 Å². The maximum atomic E-state index is 11.7. The lowest BCUT2D eigenvalue weighted by Crippen LogP contribution is -2.15. The number of nitro benzene ring substituents is 2. The lowest BCUT2D eigenvalue weighted by atomic mass is 10.0. The second kappa shape index (κ2) is 6.72. The Labute approximate surface area is 136 Å². The van der Waals surface area contributed by atoms with Gasteiger partial charge >= 0.3 is 0 Å². The van der Waals surface area contributed by atoms with E-state index < -0.39 is 43.0 Å². The molecule has 0 bridgehead atoms. The molecule has 0 amide bonds. The van der Waals surface area contributed by atoms with Gasteiger partial charge in [0.25, 0.3) is 21.5 Å². The molecule has 1 atom stereocenters. The first kappa shape index (κ1) is 17.5. The summed E-state index contributed by atoms with van der Waals surface area (Å²) in [7, 11) is -4.58. The Morgan fingerprint density at radius 2 is 1.62 bits per heavy atom. The van der Waals surface area contributed by atoms with Crippen molar-refractivity contribution in [2.24, 2.45) is 0 Å². The van der Waals surface area contributed by atoms with Crippen LogP contribution in [0.3, 0.4) is 0 Å². The van der Waals surface area contributed by atoms with E-state index in [4.69, 9.17) is 0 Å². The number of non-ortho nitro benzene ring substituents is 1. The number of rotatable bonds is 6. The fourth-order valence-electron chi connectivity index (χ4n) is 2.29. The van der Waals surface area contributed by atoms with Crippen molar-refractivity contribution in [3.63, 3.8) is 0 Å². The van der Waals surface area contributed by atoms with Gasteiger partial charge in [0.05, 0.1) is 9.85 Å². The number of nitro groups is 2. The average molecular weight is 352 g/mol. The van der Waals surface area contributed by atoms with Crippen LogP contribution in [0.2, 0.25) is 0 Å². The molecule has 0 aromatic heterocycles. The molecule has 0 radical (unpaired) electrons. The van der Waals surface area contributed by atoms with Gasteiger partial charge in [0, 0.05) is 30.2 Å². The highest BCUT2D eigenvalue weighted by Gasteiger charge is 2.29. The van der Waals surface area contributed by atoms with Gasteiger partial charge in [-0.15, -0.1) is 0 Å². The molecule has 24 heavy (non-hydrogen) atoms. The zero-order valence-electron chi connectivity index (χ0n) is 12.1. The van der Waals surface area contributed by atoms with Crippen LogP contribution in [0.15, 0.2) is 48.5 Å². The van der Waals surface area contributed by atoms with E-state index in [1.54, 1.807) is 18.2 Å². The summed E-state index contributed by atoms with van der Waals surface area (Å²) >= 11 is 0. The molecule has 0 aliphatic rings. The molecule has 0 spiro atoms. The summed E-state index contributed by atoms with van der Waals surface area (Å²) in [6.07, 6.45) is -0.471. The van der Waals surface area contributed by atoms with E-state index in [1.807, 2.05) is 0 Å². The number of hydrogen-bond acceptors (Lipinski definition) is 6. The Balaban J connectivity index is 2.55. The third-order valence-electron chi connectivity index (χ3n) is 3.41. The van der Waals surface area contributed by atoms with Crippen LogP contribution in [0.1, 0.15) is 16.4 Å². The van der Waals surface area contributed by atoms with E-state index in [2.05, 4.69) is 0 Å². The predicted octanol–water partition coefficient (Wildman–Crippen LogP) is 2.67. The molecule has 10 heteroatoms. The van der Waals surface area contributed by atoms with Crippen molar-refractivity contribution >= 4 is 21.5 Å². The highest BCUT2D eigenvalue weighted by molar-refractivity contribution is 7.86. The molecular weight excluding hydrogens is 340 g/mol. The fourth-order valence-corrected chi connectivity index (χ4v) is 3.18. The number of hydrogen-bond donors (Lipinski definition) is 1. The van der Waals surface area contributed by atoms with Crippen molar-refractivity contribution in [2.75, 3.05) is 0 Å². The largest absolute Gasteiger partial charge is 0.285 e. The number of benzene rings is 2. The third-order valence-corrected chi connectivity index (χ3v) is 4.56. The fraction of sp³-hybridized carbons (Fsp3) is 0.143. The topological polar surface area (TPSA) is 141 Å². The molecule has 0 fully saturated rings. The first-order valence-electron chi connectivity index (χ1n) is 6.63. The quantitative estimate of drug-likeness (QED) is 0.478. The van der Waals surface area contributed by atoms with Crippen molar-refractivity contribution in [3.8, 4) is 0 Å². The second-order valence-electron chi connectivity index (χ2n) is 4.95. The third kappa shape index (κ3) is 3.91.